The molecular formula is C25H25N3O2S3. The van der Waals surface area contributed by atoms with Gasteiger partial charge >= 0.3 is 0 Å². The van der Waals surface area contributed by atoms with Crippen molar-refractivity contribution in [1.29, 1.82) is 0 Å². The van der Waals surface area contributed by atoms with E-state index in [0.29, 0.717) is 5.57 Å². The van der Waals surface area contributed by atoms with Crippen LogP contribution >= 0.6 is 35.7 Å². The lowest BCUT2D eigenvalue weighted by molar-refractivity contribution is -0.132. The summed E-state index contributed by atoms with van der Waals surface area (Å²) in [6, 6.07) is 22.6. The average molecular weight is 496 g/mol. The van der Waals surface area contributed by atoms with Crippen LogP contribution in [-0.2, 0) is 9.59 Å². The zero-order valence-electron chi connectivity index (χ0n) is 18.6. The molecule has 1 unspecified atom stereocenters. The maximum Gasteiger partial charge on any atom is 0.252 e. The average Bonchev–Trinajstić information content (AvgIpc) is 3.28. The predicted octanol–water partition coefficient (Wildman–Crippen LogP) is 5.86. The number of benzene rings is 2. The molecule has 0 radical (unpaired) electrons. The molecule has 3 aromatic rings. The van der Waals surface area contributed by atoms with Gasteiger partial charge in [0.05, 0.1) is 12.1 Å². The molecule has 1 atom stereocenters. The normalized spacial score (nSPS) is 18.1. The van der Waals surface area contributed by atoms with Gasteiger partial charge in [-0.1, -0.05) is 30.3 Å². The van der Waals surface area contributed by atoms with Crippen molar-refractivity contribution in [3.8, 4) is 0 Å². The van der Waals surface area contributed by atoms with Gasteiger partial charge in [0, 0.05) is 35.1 Å². The number of rotatable bonds is 5. The second-order valence-electron chi connectivity index (χ2n) is 7.63. The fourth-order valence-electron chi connectivity index (χ4n) is 3.68. The van der Waals surface area contributed by atoms with E-state index in [9.17, 15) is 9.59 Å². The molecule has 0 bridgehead atoms. The number of thioether (sulfide) groups is 1. The van der Waals surface area contributed by atoms with E-state index in [4.69, 9.17) is 0 Å². The van der Waals surface area contributed by atoms with Gasteiger partial charge in [-0.05, 0) is 48.7 Å². The Kier molecular flexibility index (Phi) is 7.17. The van der Waals surface area contributed by atoms with Crippen molar-refractivity contribution in [2.75, 3.05) is 25.3 Å². The van der Waals surface area contributed by atoms with Gasteiger partial charge in [0.1, 0.15) is 5.00 Å². The molecule has 0 aliphatic carbocycles. The molecule has 5 nitrogen and oxygen atoms in total. The minimum atomic E-state index is -0.577. The second-order valence-corrected chi connectivity index (χ2v) is 10.0. The highest BCUT2D eigenvalue weighted by molar-refractivity contribution is 7.98. The highest BCUT2D eigenvalue weighted by Crippen LogP contribution is 2.42. The quantitative estimate of drug-likeness (QED) is 0.274. The summed E-state index contributed by atoms with van der Waals surface area (Å²) in [4.78, 5) is 32.7. The van der Waals surface area contributed by atoms with E-state index in [1.54, 1.807) is 37.2 Å². The maximum absolute atomic E-state index is 12.9. The van der Waals surface area contributed by atoms with Gasteiger partial charge in [-0.3, -0.25) is 9.59 Å². The van der Waals surface area contributed by atoms with Crippen LogP contribution in [-0.4, -0.2) is 47.5 Å². The Bertz CT molecular complexity index is 1190. The fraction of sp³-hybridized carbons (Fsp3) is 0.200. The number of anilines is 3. The van der Waals surface area contributed by atoms with Crippen LogP contribution in [0.1, 0.15) is 11.3 Å². The highest BCUT2D eigenvalue weighted by Gasteiger charge is 2.32. The number of likely N-dealkylation sites (N-methyl/N-ethyl adjacent to an activating group) is 1. The summed E-state index contributed by atoms with van der Waals surface area (Å²) in [5.74, 6) is -0.314. The first-order chi connectivity index (χ1) is 15.9. The molecule has 2 aromatic carbocycles. The molecule has 33 heavy (non-hydrogen) atoms. The zero-order valence-corrected chi connectivity index (χ0v) is 21.2. The van der Waals surface area contributed by atoms with Gasteiger partial charge in [0.2, 0.25) is 5.91 Å². The molecule has 2 heterocycles. The van der Waals surface area contributed by atoms with Crippen LogP contribution < -0.4 is 4.90 Å². The Balaban J connectivity index is 1.75. The summed E-state index contributed by atoms with van der Waals surface area (Å²) < 4.78 is 0. The summed E-state index contributed by atoms with van der Waals surface area (Å²) >= 11 is 7.70. The molecule has 8 heteroatoms. The summed E-state index contributed by atoms with van der Waals surface area (Å²) in [5.41, 5.74) is 2.04. The number of para-hydroxylation sites is 2. The third-order valence-corrected chi connectivity index (χ3v) is 8.01. The zero-order chi connectivity index (χ0) is 23.5. The van der Waals surface area contributed by atoms with Crippen molar-refractivity contribution in [2.45, 2.75) is 16.8 Å². The largest absolute Gasteiger partial charge is 0.316 e. The molecule has 0 N–H and O–H groups in total. The third-order valence-electron chi connectivity index (χ3n) is 5.51. The summed E-state index contributed by atoms with van der Waals surface area (Å²) in [5, 5.41) is 1.03. The predicted molar refractivity (Wildman–Crippen MR) is 142 cm³/mol. The number of carbonyl (C=O) groups is 2. The first-order valence-electron chi connectivity index (χ1n) is 10.4. The Morgan fingerprint density at radius 1 is 1.00 bits per heavy atom. The molecule has 4 rings (SSSR count). The fourth-order valence-corrected chi connectivity index (χ4v) is 5.51. The first-order valence-corrected chi connectivity index (χ1v) is 13.0. The molecular weight excluding hydrogens is 470 g/mol. The van der Waals surface area contributed by atoms with Crippen LogP contribution in [0.4, 0.5) is 16.4 Å². The number of hydrogen-bond donors (Lipinski definition) is 1. The van der Waals surface area contributed by atoms with Crippen LogP contribution in [0, 0.1) is 0 Å². The smallest absolute Gasteiger partial charge is 0.252 e. The van der Waals surface area contributed by atoms with Crippen molar-refractivity contribution >= 4 is 70.0 Å². The van der Waals surface area contributed by atoms with Crippen LogP contribution in [0.2, 0.25) is 0 Å². The van der Waals surface area contributed by atoms with Gasteiger partial charge in [0.25, 0.3) is 5.91 Å². The third kappa shape index (κ3) is 4.83. The van der Waals surface area contributed by atoms with Crippen LogP contribution in [0.5, 0.6) is 0 Å². The molecule has 1 fully saturated rings. The lowest BCUT2D eigenvalue weighted by Crippen LogP contribution is -2.43. The lowest BCUT2D eigenvalue weighted by Gasteiger charge is -2.28. The van der Waals surface area contributed by atoms with E-state index < -0.39 is 5.50 Å². The van der Waals surface area contributed by atoms with Crippen molar-refractivity contribution in [3.63, 3.8) is 0 Å². The molecule has 1 saturated heterocycles. The topological polar surface area (TPSA) is 43.9 Å². The standard InChI is InChI=1S/C25H25N3O2S3/c1-26-22(29)16-17(24(30)27(2)25(26)31)15-19-13-14-23(33-19)28(18-9-5-4-6-10-18)20-11-7-8-12-21(20)32-3/h4-15,25,31H,16H2,1-3H3/b17-15+. The molecule has 0 spiro atoms. The van der Waals surface area contributed by atoms with Gasteiger partial charge in [-0.15, -0.1) is 35.7 Å². The Labute approximate surface area is 208 Å². The molecule has 1 aromatic heterocycles. The van der Waals surface area contributed by atoms with Gasteiger partial charge in [-0.2, -0.15) is 0 Å². The first kappa shape index (κ1) is 23.5. The van der Waals surface area contributed by atoms with E-state index in [1.807, 2.05) is 42.5 Å². The van der Waals surface area contributed by atoms with E-state index in [0.717, 1.165) is 21.3 Å². The van der Waals surface area contributed by atoms with E-state index in [2.05, 4.69) is 54.1 Å². The van der Waals surface area contributed by atoms with Gasteiger partial charge in [0.15, 0.2) is 5.50 Å². The van der Waals surface area contributed by atoms with Gasteiger partial charge < -0.3 is 14.7 Å². The van der Waals surface area contributed by atoms with Crippen molar-refractivity contribution in [2.24, 2.45) is 0 Å². The van der Waals surface area contributed by atoms with Crippen LogP contribution in [0.25, 0.3) is 6.08 Å². The Hall–Kier alpha value is -2.68. The monoisotopic (exact) mass is 495 g/mol. The SMILES string of the molecule is CSc1ccccc1N(c1ccccc1)c1ccc(/C=C2\CC(=O)N(C)C(S)N(C)C2=O)s1. The number of amides is 2. The number of thiophene rings is 1. The van der Waals surface area contributed by atoms with Crippen molar-refractivity contribution in [1.82, 2.24) is 9.80 Å². The molecule has 2 amide bonds. The number of thiol groups is 1. The highest BCUT2D eigenvalue weighted by atomic mass is 32.2. The van der Waals surface area contributed by atoms with Crippen molar-refractivity contribution < 1.29 is 9.59 Å². The number of nitrogens with zero attached hydrogens (tertiary/aromatic N) is 3. The number of hydrogen-bond acceptors (Lipinski definition) is 6. The van der Waals surface area contributed by atoms with Crippen LogP contribution in [0.15, 0.2) is 77.2 Å². The molecule has 1 aliphatic rings. The molecule has 170 valence electrons. The second kappa shape index (κ2) is 10.1. The van der Waals surface area contributed by atoms with Crippen LogP contribution in [0.3, 0.4) is 0 Å². The Morgan fingerprint density at radius 2 is 1.70 bits per heavy atom. The Morgan fingerprint density at radius 3 is 2.42 bits per heavy atom. The summed E-state index contributed by atoms with van der Waals surface area (Å²) in [7, 11) is 3.33. The lowest BCUT2D eigenvalue weighted by atomic mass is 10.1. The minimum absolute atomic E-state index is 0.0572. The van der Waals surface area contributed by atoms with Gasteiger partial charge in [-0.25, -0.2) is 0 Å². The summed E-state index contributed by atoms with van der Waals surface area (Å²) in [6.07, 6.45) is 3.96. The van der Waals surface area contributed by atoms with E-state index in [1.165, 1.54) is 14.7 Å². The van der Waals surface area contributed by atoms with E-state index in [-0.39, 0.29) is 18.2 Å². The number of carbonyl (C=O) groups excluding carboxylic acids is 2. The maximum atomic E-state index is 12.9. The van der Waals surface area contributed by atoms with Crippen molar-refractivity contribution in [3.05, 3.63) is 77.2 Å². The minimum Gasteiger partial charge on any atom is -0.316 e. The molecule has 1 aliphatic heterocycles. The molecule has 0 saturated carbocycles. The summed E-state index contributed by atoms with van der Waals surface area (Å²) in [6.45, 7) is 0. The van der Waals surface area contributed by atoms with E-state index >= 15 is 0 Å².